The number of hydrogen-bond donors (Lipinski definition) is 2. The van der Waals surface area contributed by atoms with Crippen LogP contribution in [0.25, 0.3) is 0 Å². The SMILES string of the molecule is Cn1ncc(C(=O)NC2CC2)c1C(=O)NC1=CC2=NC(c3ccccc3)CN2C=C1. The highest BCUT2D eigenvalue weighted by atomic mass is 16.2. The third kappa shape index (κ3) is 3.52. The van der Waals surface area contributed by atoms with Gasteiger partial charge in [0.15, 0.2) is 0 Å². The van der Waals surface area contributed by atoms with Crippen LogP contribution in [0.4, 0.5) is 0 Å². The summed E-state index contributed by atoms with van der Waals surface area (Å²) >= 11 is 0. The van der Waals surface area contributed by atoms with Crippen LogP contribution in [0.3, 0.4) is 0 Å². The second-order valence-electron chi connectivity index (χ2n) is 7.71. The van der Waals surface area contributed by atoms with Crippen molar-refractivity contribution in [3.05, 3.63) is 77.4 Å². The van der Waals surface area contributed by atoms with Gasteiger partial charge < -0.3 is 15.5 Å². The summed E-state index contributed by atoms with van der Waals surface area (Å²) in [5.41, 5.74) is 2.30. The molecule has 8 nitrogen and oxygen atoms in total. The molecule has 2 N–H and O–H groups in total. The number of allylic oxidation sites excluding steroid dienone is 1. The molecular weight excluding hydrogens is 380 g/mol. The fraction of sp³-hybridized carbons (Fsp3) is 0.273. The standard InChI is InChI=1S/C22H22N6O2/c1-27-20(17(12-23-27)21(29)24-15-7-8-15)22(30)25-16-9-10-28-13-18(26-19(28)11-16)14-5-3-2-4-6-14/h2-6,9-12,15,18H,7-8,13H2,1H3,(H,24,29)(H,25,30). The van der Waals surface area contributed by atoms with Gasteiger partial charge in [0.1, 0.15) is 11.5 Å². The van der Waals surface area contributed by atoms with Crippen molar-refractivity contribution in [3.8, 4) is 0 Å². The molecule has 0 bridgehead atoms. The molecule has 1 aromatic heterocycles. The number of amidine groups is 1. The van der Waals surface area contributed by atoms with Gasteiger partial charge in [-0.15, -0.1) is 0 Å². The van der Waals surface area contributed by atoms with Crippen LogP contribution in [-0.4, -0.2) is 44.9 Å². The molecule has 2 aliphatic heterocycles. The largest absolute Gasteiger partial charge is 0.349 e. The summed E-state index contributed by atoms with van der Waals surface area (Å²) in [6.07, 6.45) is 9.00. The Morgan fingerprint density at radius 3 is 2.70 bits per heavy atom. The molecule has 2 aromatic rings. The Morgan fingerprint density at radius 1 is 1.13 bits per heavy atom. The lowest BCUT2D eigenvalue weighted by Gasteiger charge is -2.19. The van der Waals surface area contributed by atoms with E-state index in [1.54, 1.807) is 7.05 Å². The van der Waals surface area contributed by atoms with Crippen molar-refractivity contribution in [1.82, 2.24) is 25.3 Å². The summed E-state index contributed by atoms with van der Waals surface area (Å²) < 4.78 is 1.43. The predicted molar refractivity (Wildman–Crippen MR) is 112 cm³/mol. The van der Waals surface area contributed by atoms with E-state index < -0.39 is 0 Å². The van der Waals surface area contributed by atoms with Crippen LogP contribution in [-0.2, 0) is 7.05 Å². The third-order valence-electron chi connectivity index (χ3n) is 5.42. The Hall–Kier alpha value is -3.68. The van der Waals surface area contributed by atoms with Gasteiger partial charge in [-0.05, 0) is 24.5 Å². The van der Waals surface area contributed by atoms with Gasteiger partial charge in [-0.3, -0.25) is 19.3 Å². The van der Waals surface area contributed by atoms with Crippen LogP contribution < -0.4 is 10.6 Å². The maximum Gasteiger partial charge on any atom is 0.274 e. The van der Waals surface area contributed by atoms with Gasteiger partial charge in [0, 0.05) is 31.1 Å². The van der Waals surface area contributed by atoms with Crippen LogP contribution >= 0.6 is 0 Å². The van der Waals surface area contributed by atoms with Crippen LogP contribution in [0, 0.1) is 0 Å². The molecule has 0 spiro atoms. The number of nitrogens with zero attached hydrogens (tertiary/aromatic N) is 4. The fourth-order valence-electron chi connectivity index (χ4n) is 3.66. The molecule has 3 heterocycles. The van der Waals surface area contributed by atoms with E-state index in [9.17, 15) is 9.59 Å². The molecule has 1 unspecified atom stereocenters. The molecule has 0 saturated heterocycles. The van der Waals surface area contributed by atoms with Gasteiger partial charge in [0.25, 0.3) is 11.8 Å². The highest BCUT2D eigenvalue weighted by Gasteiger charge is 2.29. The Morgan fingerprint density at radius 2 is 1.93 bits per heavy atom. The first-order chi connectivity index (χ1) is 14.6. The summed E-state index contributed by atoms with van der Waals surface area (Å²) in [7, 11) is 1.65. The first-order valence-electron chi connectivity index (χ1n) is 10.0. The molecule has 2 amide bonds. The maximum absolute atomic E-state index is 12.9. The minimum atomic E-state index is -0.376. The highest BCUT2D eigenvalue weighted by Crippen LogP contribution is 2.27. The van der Waals surface area contributed by atoms with Crippen LogP contribution in [0.1, 0.15) is 45.3 Å². The quantitative estimate of drug-likeness (QED) is 0.799. The number of aromatic nitrogens is 2. The summed E-state index contributed by atoms with van der Waals surface area (Å²) in [5.74, 6) is 0.165. The van der Waals surface area contributed by atoms with Crippen molar-refractivity contribution in [3.63, 3.8) is 0 Å². The number of aryl methyl sites for hydroxylation is 1. The molecule has 152 valence electrons. The molecule has 1 aliphatic carbocycles. The molecule has 0 radical (unpaired) electrons. The van der Waals surface area contributed by atoms with Gasteiger partial charge in [0.2, 0.25) is 0 Å². The first kappa shape index (κ1) is 18.4. The number of benzene rings is 1. The van der Waals surface area contributed by atoms with Gasteiger partial charge in [0.05, 0.1) is 24.3 Å². The number of aliphatic imine (C=N–C) groups is 1. The van der Waals surface area contributed by atoms with E-state index in [2.05, 4.69) is 32.8 Å². The zero-order chi connectivity index (χ0) is 20.7. The summed E-state index contributed by atoms with van der Waals surface area (Å²) in [4.78, 5) is 32.2. The van der Waals surface area contributed by atoms with Crippen molar-refractivity contribution >= 4 is 17.6 Å². The molecule has 1 aromatic carbocycles. The molecular formula is C22H22N6O2. The average molecular weight is 402 g/mol. The highest BCUT2D eigenvalue weighted by molar-refractivity contribution is 6.07. The monoisotopic (exact) mass is 402 g/mol. The smallest absolute Gasteiger partial charge is 0.274 e. The topological polar surface area (TPSA) is 91.6 Å². The Bertz CT molecular complexity index is 1090. The molecule has 3 aliphatic rings. The lowest BCUT2D eigenvalue weighted by atomic mass is 10.1. The number of carbonyl (C=O) groups excluding carboxylic acids is 2. The summed E-state index contributed by atoms with van der Waals surface area (Å²) in [6.45, 7) is 0.765. The zero-order valence-electron chi connectivity index (χ0n) is 16.6. The van der Waals surface area contributed by atoms with Gasteiger partial charge in [-0.1, -0.05) is 30.3 Å². The van der Waals surface area contributed by atoms with E-state index in [0.717, 1.165) is 30.8 Å². The Labute approximate surface area is 174 Å². The van der Waals surface area contributed by atoms with Gasteiger partial charge in [-0.2, -0.15) is 5.10 Å². The van der Waals surface area contributed by atoms with Gasteiger partial charge in [-0.25, -0.2) is 0 Å². The number of carbonyl (C=O) groups is 2. The second kappa shape index (κ2) is 7.29. The van der Waals surface area contributed by atoms with Crippen molar-refractivity contribution in [2.75, 3.05) is 6.54 Å². The molecule has 1 fully saturated rings. The van der Waals surface area contributed by atoms with Crippen LogP contribution in [0.15, 0.2) is 65.6 Å². The van der Waals surface area contributed by atoms with Gasteiger partial charge >= 0.3 is 0 Å². The van der Waals surface area contributed by atoms with E-state index in [4.69, 9.17) is 4.99 Å². The molecule has 8 heteroatoms. The normalized spacial score (nSPS) is 19.8. The summed E-state index contributed by atoms with van der Waals surface area (Å²) in [5, 5.41) is 9.89. The number of nitrogens with one attached hydrogen (secondary N) is 2. The number of hydrogen-bond acceptors (Lipinski definition) is 5. The third-order valence-corrected chi connectivity index (χ3v) is 5.42. The Balaban J connectivity index is 1.33. The Kier molecular flexibility index (Phi) is 4.46. The number of fused-ring (bicyclic) bond motifs is 1. The van der Waals surface area contributed by atoms with E-state index >= 15 is 0 Å². The van der Waals surface area contributed by atoms with Crippen molar-refractivity contribution in [2.45, 2.75) is 24.9 Å². The van der Waals surface area contributed by atoms with E-state index in [1.165, 1.54) is 10.9 Å². The zero-order valence-corrected chi connectivity index (χ0v) is 16.6. The van der Waals surface area contributed by atoms with Crippen molar-refractivity contribution < 1.29 is 9.59 Å². The van der Waals surface area contributed by atoms with Crippen molar-refractivity contribution in [2.24, 2.45) is 12.0 Å². The lowest BCUT2D eigenvalue weighted by molar-refractivity contribution is 0.0919. The molecule has 1 saturated carbocycles. The number of amides is 2. The van der Waals surface area contributed by atoms with E-state index in [1.807, 2.05) is 36.6 Å². The number of rotatable bonds is 5. The predicted octanol–water partition coefficient (Wildman–Crippen LogP) is 1.91. The molecule has 30 heavy (non-hydrogen) atoms. The first-order valence-corrected chi connectivity index (χ1v) is 10.0. The van der Waals surface area contributed by atoms with Crippen molar-refractivity contribution in [1.29, 1.82) is 0 Å². The average Bonchev–Trinajstić information content (AvgIpc) is 3.31. The second-order valence-corrected chi connectivity index (χ2v) is 7.71. The van der Waals surface area contributed by atoms with Crippen LogP contribution in [0.2, 0.25) is 0 Å². The van der Waals surface area contributed by atoms with Crippen LogP contribution in [0.5, 0.6) is 0 Å². The van der Waals surface area contributed by atoms with E-state index in [0.29, 0.717) is 5.70 Å². The molecule has 1 atom stereocenters. The maximum atomic E-state index is 12.9. The molecule has 5 rings (SSSR count). The van der Waals surface area contributed by atoms with E-state index in [-0.39, 0.29) is 35.2 Å². The fourth-order valence-corrected chi connectivity index (χ4v) is 3.66. The minimum Gasteiger partial charge on any atom is -0.349 e. The summed E-state index contributed by atoms with van der Waals surface area (Å²) in [6, 6.07) is 10.4. The lowest BCUT2D eigenvalue weighted by Crippen LogP contribution is -2.32. The minimum absolute atomic E-state index is 0.0620.